The first-order valence-corrected chi connectivity index (χ1v) is 9.49. The molecule has 3 N–H and O–H groups in total. The third-order valence-electron chi connectivity index (χ3n) is 3.97. The van der Waals surface area contributed by atoms with Crippen molar-refractivity contribution in [3.05, 3.63) is 46.2 Å². The number of para-hydroxylation sites is 1. The Hall–Kier alpha value is -1.48. The minimum Gasteiger partial charge on any atom is -0.504 e. The van der Waals surface area contributed by atoms with Crippen LogP contribution in [0.4, 0.5) is 0 Å². The fraction of sp³-hybridized carbons (Fsp3) is 0.421. The van der Waals surface area contributed by atoms with Crippen molar-refractivity contribution in [1.29, 1.82) is 0 Å². The summed E-state index contributed by atoms with van der Waals surface area (Å²) in [5.74, 6) is 1.90. The van der Waals surface area contributed by atoms with E-state index in [9.17, 15) is 5.11 Å². The van der Waals surface area contributed by atoms with E-state index in [1.807, 2.05) is 19.1 Å². The number of ether oxygens (including phenoxy) is 1. The summed E-state index contributed by atoms with van der Waals surface area (Å²) in [6, 6.07) is 7.69. The molecular formula is C19H28IN3O2S. The molecule has 0 amide bonds. The van der Waals surface area contributed by atoms with Gasteiger partial charge in [-0.1, -0.05) is 19.1 Å². The second-order valence-electron chi connectivity index (χ2n) is 5.82. The van der Waals surface area contributed by atoms with E-state index < -0.39 is 0 Å². The van der Waals surface area contributed by atoms with Gasteiger partial charge in [0.1, 0.15) is 0 Å². The van der Waals surface area contributed by atoms with Crippen LogP contribution >= 0.6 is 35.3 Å². The molecule has 144 valence electrons. The zero-order chi connectivity index (χ0) is 18.1. The van der Waals surface area contributed by atoms with Crippen LogP contribution in [0.3, 0.4) is 0 Å². The Morgan fingerprint density at radius 2 is 2.12 bits per heavy atom. The Bertz CT molecular complexity index is 677. The van der Waals surface area contributed by atoms with Crippen LogP contribution < -0.4 is 15.4 Å². The van der Waals surface area contributed by atoms with Crippen LogP contribution in [-0.4, -0.2) is 37.8 Å². The molecule has 0 bridgehead atoms. The molecule has 0 spiro atoms. The van der Waals surface area contributed by atoms with E-state index in [1.54, 1.807) is 24.5 Å². The van der Waals surface area contributed by atoms with Gasteiger partial charge in [-0.2, -0.15) is 11.3 Å². The zero-order valence-electron chi connectivity index (χ0n) is 15.5. The molecule has 26 heavy (non-hydrogen) atoms. The minimum absolute atomic E-state index is 0. The van der Waals surface area contributed by atoms with Gasteiger partial charge >= 0.3 is 0 Å². The zero-order valence-corrected chi connectivity index (χ0v) is 18.6. The van der Waals surface area contributed by atoms with Gasteiger partial charge in [0.05, 0.1) is 7.11 Å². The number of guanidine groups is 1. The molecule has 5 nitrogen and oxygen atoms in total. The van der Waals surface area contributed by atoms with Crippen LogP contribution in [0.15, 0.2) is 40.0 Å². The number of halogens is 1. The first-order chi connectivity index (χ1) is 12.2. The molecule has 7 heteroatoms. The summed E-state index contributed by atoms with van der Waals surface area (Å²) in [6.07, 6.45) is 0.688. The van der Waals surface area contributed by atoms with Gasteiger partial charge in [-0.25, -0.2) is 0 Å². The molecule has 2 rings (SSSR count). The van der Waals surface area contributed by atoms with E-state index >= 15 is 0 Å². The van der Waals surface area contributed by atoms with Gasteiger partial charge in [-0.05, 0) is 47.4 Å². The summed E-state index contributed by atoms with van der Waals surface area (Å²) in [7, 11) is 1.56. The number of thiophene rings is 1. The number of phenols is 1. The molecule has 1 aromatic heterocycles. The summed E-state index contributed by atoms with van der Waals surface area (Å²) in [6.45, 7) is 6.45. The molecule has 2 aromatic rings. The third kappa shape index (κ3) is 6.68. The van der Waals surface area contributed by atoms with Crippen LogP contribution in [-0.2, 0) is 6.42 Å². The van der Waals surface area contributed by atoms with Crippen molar-refractivity contribution >= 4 is 41.3 Å². The smallest absolute Gasteiger partial charge is 0.191 e. The highest BCUT2D eigenvalue weighted by Gasteiger charge is 2.08. The number of nitrogens with zero attached hydrogens (tertiary/aromatic N) is 1. The van der Waals surface area contributed by atoms with E-state index in [2.05, 4.69) is 39.4 Å². The molecule has 1 atom stereocenters. The summed E-state index contributed by atoms with van der Waals surface area (Å²) in [5, 5.41) is 21.0. The molecule has 0 aliphatic rings. The van der Waals surface area contributed by atoms with Gasteiger partial charge in [-0.3, -0.25) is 4.99 Å². The molecule has 0 saturated heterocycles. The standard InChI is InChI=1S/C19H27N3O2S.HI/c1-4-20-19(22-12-14(2)16-9-11-25-13-16)21-10-8-15-6-5-7-17(24-3)18(15)23;/h5-7,9,11,13-14,23H,4,8,10,12H2,1-3H3,(H2,20,21,22);1H. The highest BCUT2D eigenvalue weighted by molar-refractivity contribution is 14.0. The number of aliphatic imine (C=N–C) groups is 1. The van der Waals surface area contributed by atoms with Gasteiger partial charge in [0.25, 0.3) is 0 Å². The normalized spacial score (nSPS) is 12.2. The average Bonchev–Trinajstić information content (AvgIpc) is 3.15. The quantitative estimate of drug-likeness (QED) is 0.298. The Labute approximate surface area is 176 Å². The van der Waals surface area contributed by atoms with E-state index in [4.69, 9.17) is 4.74 Å². The van der Waals surface area contributed by atoms with Crippen molar-refractivity contribution in [1.82, 2.24) is 10.6 Å². The number of benzene rings is 1. The fourth-order valence-corrected chi connectivity index (χ4v) is 3.26. The van der Waals surface area contributed by atoms with Crippen molar-refractivity contribution in [2.75, 3.05) is 26.7 Å². The predicted molar refractivity (Wildman–Crippen MR) is 120 cm³/mol. The molecule has 0 saturated carbocycles. The van der Waals surface area contributed by atoms with Crippen LogP contribution in [0.5, 0.6) is 11.5 Å². The number of hydrogen-bond acceptors (Lipinski definition) is 4. The number of hydrogen-bond donors (Lipinski definition) is 3. The Kier molecular flexibility index (Phi) is 10.4. The maximum atomic E-state index is 10.1. The summed E-state index contributed by atoms with van der Waals surface area (Å²) in [5.41, 5.74) is 2.18. The molecule has 1 unspecified atom stereocenters. The monoisotopic (exact) mass is 489 g/mol. The highest BCUT2D eigenvalue weighted by atomic mass is 127. The number of nitrogens with one attached hydrogen (secondary N) is 2. The molecule has 0 radical (unpaired) electrons. The summed E-state index contributed by atoms with van der Waals surface area (Å²) in [4.78, 5) is 4.67. The summed E-state index contributed by atoms with van der Waals surface area (Å²) >= 11 is 1.71. The summed E-state index contributed by atoms with van der Waals surface area (Å²) < 4.78 is 5.15. The van der Waals surface area contributed by atoms with Gasteiger partial charge in [0.2, 0.25) is 0 Å². The van der Waals surface area contributed by atoms with Crippen LogP contribution in [0.1, 0.15) is 30.9 Å². The number of phenolic OH excluding ortho intramolecular Hbond substituents is 1. The largest absolute Gasteiger partial charge is 0.504 e. The number of rotatable bonds is 8. The van der Waals surface area contributed by atoms with Crippen molar-refractivity contribution < 1.29 is 9.84 Å². The lowest BCUT2D eigenvalue weighted by Crippen LogP contribution is -2.38. The Morgan fingerprint density at radius 3 is 2.77 bits per heavy atom. The lowest BCUT2D eigenvalue weighted by molar-refractivity contribution is 0.370. The first-order valence-electron chi connectivity index (χ1n) is 8.54. The molecular weight excluding hydrogens is 461 g/mol. The van der Waals surface area contributed by atoms with Crippen molar-refractivity contribution in [3.8, 4) is 11.5 Å². The fourth-order valence-electron chi connectivity index (χ4n) is 2.48. The van der Waals surface area contributed by atoms with E-state index in [0.717, 1.165) is 24.6 Å². The van der Waals surface area contributed by atoms with Crippen molar-refractivity contribution in [2.45, 2.75) is 26.2 Å². The van der Waals surface area contributed by atoms with E-state index in [-0.39, 0.29) is 29.7 Å². The maximum absolute atomic E-state index is 10.1. The molecule has 0 aliphatic carbocycles. The van der Waals surface area contributed by atoms with Gasteiger partial charge in [-0.15, -0.1) is 24.0 Å². The number of methoxy groups -OCH3 is 1. The van der Waals surface area contributed by atoms with E-state index in [1.165, 1.54) is 5.56 Å². The second-order valence-corrected chi connectivity index (χ2v) is 6.60. The highest BCUT2D eigenvalue weighted by Crippen LogP contribution is 2.29. The maximum Gasteiger partial charge on any atom is 0.191 e. The SMILES string of the molecule is CCNC(=NCC(C)c1ccsc1)NCCc1cccc(OC)c1O.I. The first kappa shape index (κ1) is 22.6. The molecule has 1 aromatic carbocycles. The van der Waals surface area contributed by atoms with E-state index in [0.29, 0.717) is 24.6 Å². The molecule has 0 fully saturated rings. The van der Waals surface area contributed by atoms with Crippen molar-refractivity contribution in [2.24, 2.45) is 4.99 Å². The van der Waals surface area contributed by atoms with Gasteiger partial charge in [0.15, 0.2) is 17.5 Å². The van der Waals surface area contributed by atoms with Gasteiger partial charge in [0, 0.05) is 25.6 Å². The third-order valence-corrected chi connectivity index (χ3v) is 4.67. The van der Waals surface area contributed by atoms with Crippen molar-refractivity contribution in [3.63, 3.8) is 0 Å². The molecule has 1 heterocycles. The average molecular weight is 489 g/mol. The van der Waals surface area contributed by atoms with Crippen LogP contribution in [0.25, 0.3) is 0 Å². The van der Waals surface area contributed by atoms with Crippen LogP contribution in [0.2, 0.25) is 0 Å². The minimum atomic E-state index is 0. The van der Waals surface area contributed by atoms with Gasteiger partial charge < -0.3 is 20.5 Å². The lowest BCUT2D eigenvalue weighted by atomic mass is 10.1. The Morgan fingerprint density at radius 1 is 1.31 bits per heavy atom. The predicted octanol–water partition coefficient (Wildman–Crippen LogP) is 3.98. The Balaban J connectivity index is 0.00000338. The second kappa shape index (κ2) is 12.0. The van der Waals surface area contributed by atoms with Crippen LogP contribution in [0, 0.1) is 0 Å². The molecule has 0 aliphatic heterocycles. The number of aromatic hydroxyl groups is 1. The topological polar surface area (TPSA) is 65.9 Å². The lowest BCUT2D eigenvalue weighted by Gasteiger charge is -2.14.